The molecule has 144 valence electrons. The molecule has 0 atom stereocenters. The lowest BCUT2D eigenvalue weighted by molar-refractivity contribution is -0.139. The molecule has 0 N–H and O–H groups in total. The second-order valence-corrected chi connectivity index (χ2v) is 6.92. The number of amides is 1. The molecule has 8 heteroatoms. The zero-order valence-corrected chi connectivity index (χ0v) is 15.8. The number of hydrogen-bond donors (Lipinski definition) is 0. The Morgan fingerprint density at radius 1 is 1.04 bits per heavy atom. The summed E-state index contributed by atoms with van der Waals surface area (Å²) in [5.74, 6) is 1.35. The molecule has 0 saturated carbocycles. The highest BCUT2D eigenvalue weighted by atomic mass is 35.5. The van der Waals surface area contributed by atoms with Crippen LogP contribution in [0, 0.1) is 0 Å². The van der Waals surface area contributed by atoms with Gasteiger partial charge in [0.05, 0.1) is 12.2 Å². The van der Waals surface area contributed by atoms with Crippen LogP contribution in [0.3, 0.4) is 0 Å². The molecule has 0 spiro atoms. The molecule has 1 aromatic heterocycles. The van der Waals surface area contributed by atoms with Crippen LogP contribution in [0.4, 0.5) is 0 Å². The lowest BCUT2D eigenvalue weighted by Gasteiger charge is -2.38. The third kappa shape index (κ3) is 4.43. The maximum atomic E-state index is 12.2. The molecule has 1 aliphatic rings. The van der Waals surface area contributed by atoms with E-state index in [-0.39, 0.29) is 18.6 Å². The zero-order chi connectivity index (χ0) is 19.3. The Labute approximate surface area is 167 Å². The zero-order valence-electron chi connectivity index (χ0n) is 15.1. The monoisotopic (exact) mass is 398 g/mol. The van der Waals surface area contributed by atoms with Crippen LogP contribution in [0.1, 0.15) is 11.7 Å². The van der Waals surface area contributed by atoms with Gasteiger partial charge in [0.25, 0.3) is 5.91 Å². The number of carbonyl (C=O) groups is 1. The lowest BCUT2D eigenvalue weighted by Crippen LogP contribution is -2.52. The number of benzene rings is 2. The highest BCUT2D eigenvalue weighted by Gasteiger charge is 2.32. The fourth-order valence-corrected chi connectivity index (χ4v) is 2.95. The highest BCUT2D eigenvalue weighted by Crippen LogP contribution is 2.21. The predicted octanol–water partition coefficient (Wildman–Crippen LogP) is 2.97. The normalized spacial score (nSPS) is 13.8. The van der Waals surface area contributed by atoms with E-state index >= 15 is 0 Å². The maximum Gasteiger partial charge on any atom is 0.260 e. The van der Waals surface area contributed by atoms with Crippen molar-refractivity contribution < 1.29 is 14.3 Å². The van der Waals surface area contributed by atoms with E-state index in [0.717, 1.165) is 11.4 Å². The summed E-state index contributed by atoms with van der Waals surface area (Å²) >= 11 is 5.83. The Balaban J connectivity index is 1.22. The first-order chi connectivity index (χ1) is 13.7. The van der Waals surface area contributed by atoms with Crippen LogP contribution in [0.25, 0.3) is 0 Å². The lowest BCUT2D eigenvalue weighted by atomic mass is 10.1. The summed E-state index contributed by atoms with van der Waals surface area (Å²) in [6.07, 6.45) is 1.86. The molecule has 2 heterocycles. The number of likely N-dealkylation sites (tertiary alicyclic amines) is 1. The van der Waals surface area contributed by atoms with E-state index in [1.54, 1.807) is 33.8 Å². The van der Waals surface area contributed by atoms with Gasteiger partial charge in [0.15, 0.2) is 6.61 Å². The summed E-state index contributed by atoms with van der Waals surface area (Å²) in [6.45, 7) is 1.53. The van der Waals surface area contributed by atoms with E-state index in [0.29, 0.717) is 30.5 Å². The van der Waals surface area contributed by atoms with Gasteiger partial charge in [-0.15, -0.1) is 5.10 Å². The number of para-hydroxylation sites is 1. The minimum Gasteiger partial charge on any atom is -0.487 e. The van der Waals surface area contributed by atoms with Crippen molar-refractivity contribution in [3.8, 4) is 11.5 Å². The first-order valence-electron chi connectivity index (χ1n) is 8.92. The second-order valence-electron chi connectivity index (χ2n) is 6.49. The van der Waals surface area contributed by atoms with Crippen molar-refractivity contribution in [2.75, 3.05) is 19.7 Å². The van der Waals surface area contributed by atoms with Gasteiger partial charge >= 0.3 is 0 Å². The summed E-state index contributed by atoms with van der Waals surface area (Å²) in [7, 11) is 0. The van der Waals surface area contributed by atoms with Gasteiger partial charge in [0.2, 0.25) is 0 Å². The second kappa shape index (κ2) is 8.31. The first-order valence-corrected chi connectivity index (χ1v) is 9.30. The molecule has 1 fully saturated rings. The summed E-state index contributed by atoms with van der Waals surface area (Å²) in [4.78, 5) is 14.0. The summed E-state index contributed by atoms with van der Waals surface area (Å²) in [6, 6.07) is 16.6. The van der Waals surface area contributed by atoms with Crippen LogP contribution in [-0.2, 0) is 11.4 Å². The molecule has 0 radical (unpaired) electrons. The number of aromatic nitrogens is 3. The van der Waals surface area contributed by atoms with Gasteiger partial charge in [-0.25, -0.2) is 4.68 Å². The molecule has 1 saturated heterocycles. The van der Waals surface area contributed by atoms with Crippen LogP contribution < -0.4 is 9.47 Å². The molecule has 7 nitrogen and oxygen atoms in total. The molecule has 1 amide bonds. The molecule has 0 unspecified atom stereocenters. The third-order valence-corrected chi connectivity index (χ3v) is 4.70. The molecule has 3 aromatic rings. The van der Waals surface area contributed by atoms with Crippen molar-refractivity contribution in [3.63, 3.8) is 0 Å². The van der Waals surface area contributed by atoms with Crippen molar-refractivity contribution in [2.24, 2.45) is 0 Å². The highest BCUT2D eigenvalue weighted by molar-refractivity contribution is 6.30. The molecular formula is C20H19ClN4O3. The number of carbonyl (C=O) groups excluding carboxylic acids is 1. The fourth-order valence-electron chi connectivity index (χ4n) is 2.83. The van der Waals surface area contributed by atoms with Gasteiger partial charge in [-0.3, -0.25) is 4.79 Å². The summed E-state index contributed by atoms with van der Waals surface area (Å²) in [5, 5.41) is 8.92. The SMILES string of the molecule is O=C(COc1ccc(Cl)cc1)N1CC(n2cc(COc3ccccc3)nn2)C1. The van der Waals surface area contributed by atoms with E-state index in [1.165, 1.54) is 0 Å². The van der Waals surface area contributed by atoms with E-state index in [9.17, 15) is 4.79 Å². The fraction of sp³-hybridized carbons (Fsp3) is 0.250. The van der Waals surface area contributed by atoms with Crippen LogP contribution in [-0.4, -0.2) is 45.5 Å². The molecule has 4 rings (SSSR count). The number of nitrogens with zero attached hydrogens (tertiary/aromatic N) is 4. The molecule has 28 heavy (non-hydrogen) atoms. The first kappa shape index (κ1) is 18.3. The average molecular weight is 399 g/mol. The summed E-state index contributed by atoms with van der Waals surface area (Å²) in [5.41, 5.74) is 0.750. The topological polar surface area (TPSA) is 69.5 Å². The van der Waals surface area contributed by atoms with Gasteiger partial charge in [0, 0.05) is 18.1 Å². The van der Waals surface area contributed by atoms with Gasteiger partial charge < -0.3 is 14.4 Å². The number of hydrogen-bond acceptors (Lipinski definition) is 5. The van der Waals surface area contributed by atoms with Crippen molar-refractivity contribution in [1.82, 2.24) is 19.9 Å². The van der Waals surface area contributed by atoms with E-state index in [1.807, 2.05) is 36.5 Å². The van der Waals surface area contributed by atoms with E-state index < -0.39 is 0 Å². The van der Waals surface area contributed by atoms with Gasteiger partial charge in [-0.05, 0) is 36.4 Å². The Morgan fingerprint density at radius 3 is 2.50 bits per heavy atom. The largest absolute Gasteiger partial charge is 0.487 e. The number of halogens is 1. The molecular weight excluding hydrogens is 380 g/mol. The van der Waals surface area contributed by atoms with Crippen LogP contribution in [0.15, 0.2) is 60.8 Å². The Kier molecular flexibility index (Phi) is 5.43. The van der Waals surface area contributed by atoms with Crippen LogP contribution in [0.5, 0.6) is 11.5 Å². The molecule has 1 aliphatic heterocycles. The Hall–Kier alpha value is -3.06. The van der Waals surface area contributed by atoms with Crippen molar-refractivity contribution in [3.05, 3.63) is 71.5 Å². The van der Waals surface area contributed by atoms with E-state index in [4.69, 9.17) is 21.1 Å². The van der Waals surface area contributed by atoms with Crippen LogP contribution in [0.2, 0.25) is 5.02 Å². The minimum atomic E-state index is -0.0565. The smallest absolute Gasteiger partial charge is 0.260 e. The maximum absolute atomic E-state index is 12.2. The quantitative estimate of drug-likeness (QED) is 0.612. The van der Waals surface area contributed by atoms with Gasteiger partial charge in [-0.2, -0.15) is 0 Å². The Bertz CT molecular complexity index is 924. The molecule has 2 aromatic carbocycles. The third-order valence-electron chi connectivity index (χ3n) is 4.45. The molecule has 0 aliphatic carbocycles. The average Bonchev–Trinajstić information content (AvgIpc) is 3.14. The van der Waals surface area contributed by atoms with Crippen LogP contribution >= 0.6 is 11.6 Å². The number of ether oxygens (including phenoxy) is 2. The number of rotatable bonds is 7. The Morgan fingerprint density at radius 2 is 1.75 bits per heavy atom. The molecule has 0 bridgehead atoms. The van der Waals surface area contributed by atoms with Crippen molar-refractivity contribution >= 4 is 17.5 Å². The van der Waals surface area contributed by atoms with E-state index in [2.05, 4.69) is 10.3 Å². The standard InChI is InChI=1S/C20H19ClN4O3/c21-15-6-8-19(9-7-15)28-14-20(26)24-11-17(12-24)25-10-16(22-23-25)13-27-18-4-2-1-3-5-18/h1-10,17H,11-14H2. The van der Waals surface area contributed by atoms with Crippen molar-refractivity contribution in [1.29, 1.82) is 0 Å². The van der Waals surface area contributed by atoms with Gasteiger partial charge in [-0.1, -0.05) is 35.0 Å². The van der Waals surface area contributed by atoms with Crippen molar-refractivity contribution in [2.45, 2.75) is 12.6 Å². The minimum absolute atomic E-state index is 0.00186. The van der Waals surface area contributed by atoms with Gasteiger partial charge in [0.1, 0.15) is 23.8 Å². The predicted molar refractivity (Wildman–Crippen MR) is 103 cm³/mol. The summed E-state index contributed by atoms with van der Waals surface area (Å²) < 4.78 is 13.0.